The van der Waals surface area contributed by atoms with Crippen molar-refractivity contribution in [1.82, 2.24) is 24.6 Å². The van der Waals surface area contributed by atoms with Crippen molar-refractivity contribution in [3.05, 3.63) is 47.3 Å². The summed E-state index contributed by atoms with van der Waals surface area (Å²) in [7, 11) is 3.98. The second-order valence-electron chi connectivity index (χ2n) is 8.82. The van der Waals surface area contributed by atoms with Gasteiger partial charge in [0, 0.05) is 39.3 Å². The van der Waals surface area contributed by atoms with Crippen LogP contribution in [0.5, 0.6) is 5.75 Å². The highest BCUT2D eigenvalue weighted by molar-refractivity contribution is 5.95. The molecule has 30 heavy (non-hydrogen) atoms. The summed E-state index contributed by atoms with van der Waals surface area (Å²) in [6.45, 7) is 4.74. The van der Waals surface area contributed by atoms with Crippen LogP contribution < -0.4 is 4.84 Å². The molecule has 0 bridgehead atoms. The third-order valence-corrected chi connectivity index (χ3v) is 7.06. The second kappa shape index (κ2) is 8.04. The van der Waals surface area contributed by atoms with Crippen molar-refractivity contribution in [2.75, 3.05) is 39.8 Å². The van der Waals surface area contributed by atoms with E-state index in [1.54, 1.807) is 6.20 Å². The minimum atomic E-state index is 0.145. The Morgan fingerprint density at radius 3 is 2.73 bits per heavy atom. The van der Waals surface area contributed by atoms with E-state index in [0.29, 0.717) is 12.0 Å². The number of piperidine rings is 1. The number of fused-ring (bicyclic) bond motifs is 2. The summed E-state index contributed by atoms with van der Waals surface area (Å²) >= 11 is 0. The lowest BCUT2D eigenvalue weighted by Crippen LogP contribution is -2.43. The van der Waals surface area contributed by atoms with E-state index >= 15 is 0 Å². The highest BCUT2D eigenvalue weighted by Crippen LogP contribution is 2.43. The fraction of sp³-hybridized carbons (Fsp3) is 0.565. The lowest BCUT2D eigenvalue weighted by molar-refractivity contribution is -0.0703. The number of likely N-dealkylation sites (tertiary alicyclic amines) is 1. The molecular formula is C23H31N5O2. The van der Waals surface area contributed by atoms with Crippen molar-refractivity contribution in [3.8, 4) is 5.75 Å². The molecule has 1 saturated heterocycles. The Kier molecular flexibility index (Phi) is 5.25. The van der Waals surface area contributed by atoms with Crippen LogP contribution in [0.1, 0.15) is 46.9 Å². The first-order valence-electron chi connectivity index (χ1n) is 11.1. The van der Waals surface area contributed by atoms with Crippen LogP contribution in [0, 0.1) is 5.92 Å². The minimum Gasteiger partial charge on any atom is -0.405 e. The number of carbonyl (C=O) groups excluding carboxylic acids is 1. The van der Waals surface area contributed by atoms with Gasteiger partial charge in [0.15, 0.2) is 5.75 Å². The standard InChI is InChI=1S/C23H31N5O2/c1-25-20-7-5-11-28(23(29)19(20)16-24-25)15-14-27-12-9-17(10-13-27)22-18-6-3-4-8-21(18)30-26(22)2/h3-4,6,8,16-17,22H,5,7,9-15H2,1-2H3. The van der Waals surface area contributed by atoms with Crippen LogP contribution in [0.3, 0.4) is 0 Å². The number of nitrogens with zero attached hydrogens (tertiary/aromatic N) is 5. The summed E-state index contributed by atoms with van der Waals surface area (Å²) in [6, 6.07) is 8.76. The van der Waals surface area contributed by atoms with Crippen molar-refractivity contribution in [2.24, 2.45) is 13.0 Å². The molecule has 3 aliphatic rings. The van der Waals surface area contributed by atoms with Gasteiger partial charge in [0.1, 0.15) is 0 Å². The molecule has 1 aromatic heterocycles. The molecule has 2 aromatic rings. The first-order chi connectivity index (χ1) is 14.6. The Morgan fingerprint density at radius 1 is 1.10 bits per heavy atom. The molecule has 5 rings (SSSR count). The molecule has 7 nitrogen and oxygen atoms in total. The number of rotatable bonds is 4. The number of hydroxylamine groups is 2. The molecule has 1 aromatic carbocycles. The summed E-state index contributed by atoms with van der Waals surface area (Å²) < 4.78 is 1.85. The van der Waals surface area contributed by atoms with Crippen LogP contribution in [0.15, 0.2) is 30.5 Å². The van der Waals surface area contributed by atoms with Gasteiger partial charge in [0.05, 0.1) is 23.5 Å². The molecule has 160 valence electrons. The van der Waals surface area contributed by atoms with Gasteiger partial charge in [-0.3, -0.25) is 9.48 Å². The number of hydrogen-bond acceptors (Lipinski definition) is 5. The van der Waals surface area contributed by atoms with Gasteiger partial charge in [-0.15, -0.1) is 5.06 Å². The highest BCUT2D eigenvalue weighted by Gasteiger charge is 2.37. The van der Waals surface area contributed by atoms with Crippen molar-refractivity contribution < 1.29 is 9.63 Å². The van der Waals surface area contributed by atoms with Crippen molar-refractivity contribution in [3.63, 3.8) is 0 Å². The molecule has 0 spiro atoms. The molecule has 0 aliphatic carbocycles. The summed E-state index contributed by atoms with van der Waals surface area (Å²) in [4.78, 5) is 23.4. The summed E-state index contributed by atoms with van der Waals surface area (Å²) in [5, 5.41) is 6.32. The monoisotopic (exact) mass is 409 g/mol. The summed E-state index contributed by atoms with van der Waals surface area (Å²) in [6.07, 6.45) is 5.99. The number of benzene rings is 1. The van der Waals surface area contributed by atoms with Gasteiger partial charge in [-0.25, -0.2) is 0 Å². The van der Waals surface area contributed by atoms with Crippen LogP contribution in [-0.2, 0) is 13.5 Å². The van der Waals surface area contributed by atoms with E-state index in [1.165, 1.54) is 5.56 Å². The van der Waals surface area contributed by atoms with E-state index in [-0.39, 0.29) is 5.91 Å². The number of aryl methyl sites for hydroxylation is 1. The van der Waals surface area contributed by atoms with Crippen LogP contribution in [0.4, 0.5) is 0 Å². The molecule has 0 radical (unpaired) electrons. The SMILES string of the molecule is CN1Oc2ccccc2C1C1CCN(CCN2CCCc3c(cnn3C)C2=O)CC1. The van der Waals surface area contributed by atoms with Gasteiger partial charge in [-0.1, -0.05) is 18.2 Å². The molecular weight excluding hydrogens is 378 g/mol. The normalized spacial score (nSPS) is 23.2. The molecule has 1 atom stereocenters. The van der Waals surface area contributed by atoms with Crippen molar-refractivity contribution >= 4 is 5.91 Å². The zero-order chi connectivity index (χ0) is 20.7. The van der Waals surface area contributed by atoms with Crippen LogP contribution >= 0.6 is 0 Å². The van der Waals surface area contributed by atoms with Gasteiger partial charge < -0.3 is 14.6 Å². The van der Waals surface area contributed by atoms with E-state index in [2.05, 4.69) is 35.2 Å². The average Bonchev–Trinajstić information content (AvgIpc) is 3.24. The van der Waals surface area contributed by atoms with E-state index < -0.39 is 0 Å². The number of hydrogen-bond donors (Lipinski definition) is 0. The zero-order valence-electron chi connectivity index (χ0n) is 18.0. The summed E-state index contributed by atoms with van der Waals surface area (Å²) in [5.74, 6) is 1.75. The Balaban J connectivity index is 1.16. The van der Waals surface area contributed by atoms with E-state index in [0.717, 1.165) is 75.4 Å². The summed E-state index contributed by atoms with van der Waals surface area (Å²) in [5.41, 5.74) is 3.18. The third-order valence-electron chi connectivity index (χ3n) is 7.06. The first-order valence-corrected chi connectivity index (χ1v) is 11.1. The fourth-order valence-corrected chi connectivity index (χ4v) is 5.38. The van der Waals surface area contributed by atoms with Crippen molar-refractivity contribution in [2.45, 2.75) is 31.7 Å². The van der Waals surface area contributed by atoms with Gasteiger partial charge in [0.2, 0.25) is 0 Å². The van der Waals surface area contributed by atoms with Gasteiger partial charge in [-0.05, 0) is 50.8 Å². The lowest BCUT2D eigenvalue weighted by Gasteiger charge is -2.37. The maximum atomic E-state index is 12.9. The molecule has 3 aliphatic heterocycles. The topological polar surface area (TPSA) is 53.8 Å². The van der Waals surface area contributed by atoms with Crippen LogP contribution in [0.2, 0.25) is 0 Å². The molecule has 4 heterocycles. The van der Waals surface area contributed by atoms with E-state index in [1.807, 2.05) is 27.8 Å². The number of carbonyl (C=O) groups is 1. The largest absolute Gasteiger partial charge is 0.405 e. The number of amides is 1. The zero-order valence-corrected chi connectivity index (χ0v) is 18.0. The van der Waals surface area contributed by atoms with Gasteiger partial charge >= 0.3 is 0 Å². The Hall–Kier alpha value is -2.38. The van der Waals surface area contributed by atoms with Crippen LogP contribution in [0.25, 0.3) is 0 Å². The third kappa shape index (κ3) is 3.50. The van der Waals surface area contributed by atoms with Crippen LogP contribution in [-0.4, -0.2) is 70.3 Å². The number of para-hydroxylation sites is 1. The average molecular weight is 410 g/mol. The lowest BCUT2D eigenvalue weighted by atomic mass is 9.85. The minimum absolute atomic E-state index is 0.145. The Labute approximate surface area is 178 Å². The molecule has 0 N–H and O–H groups in total. The molecule has 1 fully saturated rings. The van der Waals surface area contributed by atoms with Gasteiger partial charge in [-0.2, -0.15) is 5.10 Å². The first kappa shape index (κ1) is 19.6. The Morgan fingerprint density at radius 2 is 1.90 bits per heavy atom. The van der Waals surface area contributed by atoms with Crippen molar-refractivity contribution in [1.29, 1.82) is 0 Å². The predicted octanol–water partition coefficient (Wildman–Crippen LogP) is 2.50. The number of aromatic nitrogens is 2. The smallest absolute Gasteiger partial charge is 0.257 e. The quantitative estimate of drug-likeness (QED) is 0.777. The molecule has 0 saturated carbocycles. The molecule has 7 heteroatoms. The second-order valence-corrected chi connectivity index (χ2v) is 8.82. The van der Waals surface area contributed by atoms with E-state index in [4.69, 9.17) is 4.84 Å². The van der Waals surface area contributed by atoms with Gasteiger partial charge in [0.25, 0.3) is 5.91 Å². The fourth-order valence-electron chi connectivity index (χ4n) is 5.38. The molecule has 1 unspecified atom stereocenters. The molecule has 1 amide bonds. The predicted molar refractivity (Wildman–Crippen MR) is 114 cm³/mol. The maximum Gasteiger partial charge on any atom is 0.257 e. The van der Waals surface area contributed by atoms with E-state index in [9.17, 15) is 4.79 Å². The highest BCUT2D eigenvalue weighted by atomic mass is 16.7. The Bertz CT molecular complexity index is 918. The maximum absolute atomic E-state index is 12.9.